The van der Waals surface area contributed by atoms with Gasteiger partial charge in [0, 0.05) is 26.5 Å². The summed E-state index contributed by atoms with van der Waals surface area (Å²) in [6, 6.07) is 28.0. The van der Waals surface area contributed by atoms with Crippen LogP contribution in [0.3, 0.4) is 0 Å². The zero-order chi connectivity index (χ0) is 30.8. The monoisotopic (exact) mass is 591 g/mol. The highest BCUT2D eigenvalue weighted by Crippen LogP contribution is 2.28. The molecule has 0 fully saturated rings. The molecule has 0 aliphatic rings. The number of carbonyl (C=O) groups excluding carboxylic acids is 3. The van der Waals surface area contributed by atoms with Gasteiger partial charge in [0.05, 0.1) is 5.56 Å². The van der Waals surface area contributed by atoms with Gasteiger partial charge in [0.1, 0.15) is 5.71 Å². The largest absolute Gasteiger partial charge is 0.365 e. The second-order valence-corrected chi connectivity index (χ2v) is 11.7. The minimum Gasteiger partial charge on any atom is -0.312 e. The fourth-order valence-corrected chi connectivity index (χ4v) is 5.95. The minimum atomic E-state index is -0.632. The molecule has 0 N–H and O–H groups in total. The molecule has 0 saturated carbocycles. The second-order valence-electron chi connectivity index (χ2n) is 10.6. The molecule has 0 atom stereocenters. The van der Waals surface area contributed by atoms with Gasteiger partial charge < -0.3 is 4.84 Å². The number of unbranched alkanes of at least 4 members (excludes halogenated alkanes) is 3. The molecule has 0 saturated heterocycles. The van der Waals surface area contributed by atoms with Crippen molar-refractivity contribution in [3.05, 3.63) is 130 Å². The number of oxime groups is 1. The van der Waals surface area contributed by atoms with Crippen LogP contribution < -0.4 is 0 Å². The van der Waals surface area contributed by atoms with Gasteiger partial charge in [-0.15, -0.1) is 0 Å². The first kappa shape index (κ1) is 31.6. The van der Waals surface area contributed by atoms with Crippen LogP contribution in [0.25, 0.3) is 0 Å². The molecule has 6 heteroatoms. The third kappa shape index (κ3) is 8.17. The van der Waals surface area contributed by atoms with E-state index in [1.165, 1.54) is 0 Å². The molecular formula is C37H37NO4S. The molecule has 4 aromatic rings. The number of rotatable bonds is 13. The summed E-state index contributed by atoms with van der Waals surface area (Å²) in [6.07, 6.45) is 4.12. The lowest BCUT2D eigenvalue weighted by Crippen LogP contribution is -2.21. The highest BCUT2D eigenvalue weighted by molar-refractivity contribution is 7.99. The van der Waals surface area contributed by atoms with Crippen molar-refractivity contribution >= 4 is 35.0 Å². The Bertz CT molecular complexity index is 1610. The van der Waals surface area contributed by atoms with Gasteiger partial charge >= 0.3 is 5.97 Å². The van der Waals surface area contributed by atoms with E-state index in [1.807, 2.05) is 80.6 Å². The summed E-state index contributed by atoms with van der Waals surface area (Å²) in [6.45, 7) is 7.67. The summed E-state index contributed by atoms with van der Waals surface area (Å²) >= 11 is 1.60. The number of nitrogens with zero attached hydrogens (tertiary/aromatic N) is 1. The summed E-state index contributed by atoms with van der Waals surface area (Å²) in [5.74, 6) is -1.09. The normalized spacial score (nSPS) is 11.3. The maximum Gasteiger partial charge on any atom is 0.365 e. The zero-order valence-corrected chi connectivity index (χ0v) is 26.0. The van der Waals surface area contributed by atoms with Crippen LogP contribution in [0.5, 0.6) is 0 Å². The average Bonchev–Trinajstić information content (AvgIpc) is 3.01. The van der Waals surface area contributed by atoms with Crippen LogP contribution >= 0.6 is 11.8 Å². The van der Waals surface area contributed by atoms with Gasteiger partial charge in [-0.1, -0.05) is 97.7 Å². The van der Waals surface area contributed by atoms with Crippen molar-refractivity contribution in [1.29, 1.82) is 0 Å². The summed E-state index contributed by atoms with van der Waals surface area (Å²) in [5, 5.41) is 4.13. The highest BCUT2D eigenvalue weighted by Gasteiger charge is 2.25. The zero-order valence-electron chi connectivity index (χ0n) is 25.2. The number of ketones is 2. The minimum absolute atomic E-state index is 0.133. The molecule has 220 valence electrons. The molecule has 0 spiro atoms. The molecule has 0 aliphatic carbocycles. The van der Waals surface area contributed by atoms with Gasteiger partial charge in [0.25, 0.3) is 0 Å². The summed E-state index contributed by atoms with van der Waals surface area (Å²) in [5.41, 5.74) is 4.19. The Hall–Kier alpha value is -4.29. The Morgan fingerprint density at radius 3 is 1.95 bits per heavy atom. The van der Waals surface area contributed by atoms with Crippen LogP contribution in [-0.4, -0.2) is 23.2 Å². The third-order valence-corrected chi connectivity index (χ3v) is 8.31. The third-order valence-electron chi connectivity index (χ3n) is 7.30. The molecule has 0 heterocycles. The summed E-state index contributed by atoms with van der Waals surface area (Å²) in [7, 11) is 0. The molecule has 5 nitrogen and oxygen atoms in total. The van der Waals surface area contributed by atoms with Crippen LogP contribution in [0.1, 0.15) is 92.4 Å². The van der Waals surface area contributed by atoms with E-state index in [1.54, 1.807) is 43.0 Å². The van der Waals surface area contributed by atoms with E-state index in [2.05, 4.69) is 12.1 Å². The lowest BCUT2D eigenvalue weighted by atomic mass is 9.86. The van der Waals surface area contributed by atoms with Crippen molar-refractivity contribution in [2.45, 2.75) is 69.6 Å². The number of aryl methyl sites for hydroxylation is 2. The smallest absolute Gasteiger partial charge is 0.312 e. The topological polar surface area (TPSA) is 72.8 Å². The number of benzene rings is 4. The Balaban J connectivity index is 1.59. The van der Waals surface area contributed by atoms with Gasteiger partial charge in [0.15, 0.2) is 5.78 Å². The predicted molar refractivity (Wildman–Crippen MR) is 173 cm³/mol. The van der Waals surface area contributed by atoms with Gasteiger partial charge in [-0.2, -0.15) is 0 Å². The van der Waals surface area contributed by atoms with Crippen LogP contribution in [0, 0.1) is 20.8 Å². The van der Waals surface area contributed by atoms with Crippen molar-refractivity contribution in [3.8, 4) is 0 Å². The number of carbonyl (C=O) groups is 3. The van der Waals surface area contributed by atoms with Gasteiger partial charge in [-0.25, -0.2) is 4.79 Å². The van der Waals surface area contributed by atoms with Gasteiger partial charge in [-0.3, -0.25) is 9.59 Å². The number of Topliss-reactive ketones (excluding diaryl/α,β-unsaturated/α-hetero) is 1. The summed E-state index contributed by atoms with van der Waals surface area (Å²) < 4.78 is 0. The van der Waals surface area contributed by atoms with E-state index >= 15 is 0 Å². The maximum absolute atomic E-state index is 14.0. The van der Waals surface area contributed by atoms with Crippen LogP contribution in [0.4, 0.5) is 0 Å². The Kier molecular flexibility index (Phi) is 11.2. The maximum atomic E-state index is 14.0. The van der Waals surface area contributed by atoms with Gasteiger partial charge in [-0.05, 0) is 86.7 Å². The van der Waals surface area contributed by atoms with E-state index in [0.717, 1.165) is 46.6 Å². The van der Waals surface area contributed by atoms with Crippen molar-refractivity contribution in [3.63, 3.8) is 0 Å². The van der Waals surface area contributed by atoms with E-state index in [9.17, 15) is 14.4 Å². The molecule has 0 amide bonds. The molecule has 0 bridgehead atoms. The van der Waals surface area contributed by atoms with Crippen molar-refractivity contribution in [2.24, 2.45) is 5.16 Å². The second kappa shape index (κ2) is 15.3. The number of hydrogen-bond donors (Lipinski definition) is 0. The summed E-state index contributed by atoms with van der Waals surface area (Å²) in [4.78, 5) is 47.9. The van der Waals surface area contributed by atoms with Crippen molar-refractivity contribution in [1.82, 2.24) is 0 Å². The van der Waals surface area contributed by atoms with Crippen molar-refractivity contribution < 1.29 is 19.2 Å². The molecular weight excluding hydrogens is 554 g/mol. The van der Waals surface area contributed by atoms with E-state index in [0.29, 0.717) is 34.2 Å². The van der Waals surface area contributed by atoms with Crippen molar-refractivity contribution in [2.75, 3.05) is 0 Å². The van der Waals surface area contributed by atoms with E-state index in [4.69, 9.17) is 4.84 Å². The van der Waals surface area contributed by atoms with Crippen LogP contribution in [0.2, 0.25) is 0 Å². The number of hydrogen-bond acceptors (Lipinski definition) is 6. The Morgan fingerprint density at radius 2 is 1.30 bits per heavy atom. The standard InChI is InChI=1S/C37H37NO4S/c1-5-6-7-14-19-32(38-42-37(41)29-20-22-31(23-21-29)43-30-17-12-9-13-18-30)36(40)34-26(3)24-25(2)33(27(34)4)35(39)28-15-10-8-11-16-28/h8-13,15-18,20-24H,5-7,14,19H2,1-4H3/b38-32+. The molecule has 4 rings (SSSR count). The SMILES string of the molecule is CCCCCC/C(=N\OC(=O)c1ccc(Sc2ccccc2)cc1)C(=O)c1c(C)cc(C)c(C(=O)c2ccccc2)c1C. The molecule has 0 radical (unpaired) electrons. The van der Waals surface area contributed by atoms with E-state index < -0.39 is 5.97 Å². The van der Waals surface area contributed by atoms with Gasteiger partial charge in [0.2, 0.25) is 5.78 Å². The van der Waals surface area contributed by atoms with E-state index in [-0.39, 0.29) is 17.3 Å². The molecule has 43 heavy (non-hydrogen) atoms. The Labute approximate surface area is 258 Å². The quantitative estimate of drug-likeness (QED) is 0.0509. The lowest BCUT2D eigenvalue weighted by Gasteiger charge is -2.17. The molecule has 0 unspecified atom stereocenters. The average molecular weight is 592 g/mol. The Morgan fingerprint density at radius 1 is 0.698 bits per heavy atom. The van der Waals surface area contributed by atoms with Crippen LogP contribution in [-0.2, 0) is 4.84 Å². The molecule has 0 aliphatic heterocycles. The highest BCUT2D eigenvalue weighted by atomic mass is 32.2. The fourth-order valence-electron chi connectivity index (χ4n) is 5.12. The first-order valence-corrected chi connectivity index (χ1v) is 15.5. The fraction of sp³-hybridized carbons (Fsp3) is 0.243. The lowest BCUT2D eigenvalue weighted by molar-refractivity contribution is 0.0514. The van der Waals surface area contributed by atoms with Crippen LogP contribution in [0.15, 0.2) is 106 Å². The first-order valence-electron chi connectivity index (χ1n) is 14.7. The molecule has 0 aromatic heterocycles. The molecule has 4 aromatic carbocycles. The predicted octanol–water partition coefficient (Wildman–Crippen LogP) is 9.36. The first-order chi connectivity index (χ1) is 20.8.